The average molecular weight is 458 g/mol. The molecule has 2 fully saturated rings. The molecule has 0 saturated carbocycles. The number of nitrogens with zero attached hydrogens (tertiary/aromatic N) is 2. The van der Waals surface area contributed by atoms with Crippen LogP contribution in [-0.4, -0.2) is 60.4 Å². The molecule has 1 aromatic rings. The lowest BCUT2D eigenvalue weighted by Crippen LogP contribution is -2.44. The Morgan fingerprint density at radius 1 is 1.17 bits per heavy atom. The van der Waals surface area contributed by atoms with Gasteiger partial charge in [-0.2, -0.15) is 0 Å². The molecule has 0 unspecified atom stereocenters. The molecule has 0 bridgehead atoms. The molecule has 7 nitrogen and oxygen atoms in total. The summed E-state index contributed by atoms with van der Waals surface area (Å²) >= 11 is 0. The van der Waals surface area contributed by atoms with Crippen LogP contribution < -0.4 is 5.32 Å². The lowest BCUT2D eigenvalue weighted by molar-refractivity contribution is -0.129. The highest BCUT2D eigenvalue weighted by Crippen LogP contribution is 2.41. The Labute approximate surface area is 185 Å². The van der Waals surface area contributed by atoms with Gasteiger partial charge in [0.05, 0.1) is 24.3 Å². The van der Waals surface area contributed by atoms with Gasteiger partial charge in [0, 0.05) is 24.7 Å². The number of carbonyl (C=O) groups is 2. The molecule has 0 radical (unpaired) electrons. The van der Waals surface area contributed by atoms with Crippen LogP contribution in [0.5, 0.6) is 0 Å². The van der Waals surface area contributed by atoms with Crippen molar-refractivity contribution in [3.05, 3.63) is 35.4 Å². The second kappa shape index (κ2) is 9.24. The SMILES string of the molecule is CC(C)NCc1ccc(C(=O)N2CC[C@H]3[C@H]2[C@@H](C(C)C)C(=O)N3S(C)(=O)=O)cc1.Cl. The number of likely N-dealkylation sites (tertiary alicyclic amines) is 1. The molecule has 2 aliphatic heterocycles. The van der Waals surface area contributed by atoms with Crippen LogP contribution in [0, 0.1) is 11.8 Å². The third-order valence-electron chi connectivity index (χ3n) is 5.84. The van der Waals surface area contributed by atoms with Gasteiger partial charge >= 0.3 is 0 Å². The van der Waals surface area contributed by atoms with E-state index in [4.69, 9.17) is 0 Å². The van der Waals surface area contributed by atoms with Crippen LogP contribution in [0.15, 0.2) is 24.3 Å². The number of fused-ring (bicyclic) bond motifs is 1. The zero-order valence-electron chi connectivity index (χ0n) is 18.2. The first-order valence-electron chi connectivity index (χ1n) is 10.2. The van der Waals surface area contributed by atoms with Crippen molar-refractivity contribution < 1.29 is 18.0 Å². The van der Waals surface area contributed by atoms with Crippen molar-refractivity contribution in [2.75, 3.05) is 12.8 Å². The van der Waals surface area contributed by atoms with Crippen LogP contribution in [-0.2, 0) is 21.4 Å². The van der Waals surface area contributed by atoms with E-state index in [0.29, 0.717) is 24.6 Å². The van der Waals surface area contributed by atoms with Crippen LogP contribution in [0.2, 0.25) is 0 Å². The quantitative estimate of drug-likeness (QED) is 0.708. The van der Waals surface area contributed by atoms with E-state index in [0.717, 1.165) is 22.7 Å². The van der Waals surface area contributed by atoms with E-state index in [9.17, 15) is 18.0 Å². The first kappa shape index (κ1) is 24.6. The summed E-state index contributed by atoms with van der Waals surface area (Å²) in [6, 6.07) is 6.97. The molecule has 3 rings (SSSR count). The molecular formula is C21H32ClN3O4S. The third-order valence-corrected chi connectivity index (χ3v) is 7.01. The largest absolute Gasteiger partial charge is 0.333 e. The fourth-order valence-corrected chi connectivity index (χ4v) is 5.69. The van der Waals surface area contributed by atoms with E-state index in [-0.39, 0.29) is 30.1 Å². The maximum atomic E-state index is 13.2. The minimum Gasteiger partial charge on any atom is -0.333 e. The van der Waals surface area contributed by atoms with Crippen molar-refractivity contribution in [1.82, 2.24) is 14.5 Å². The number of sulfonamides is 1. The number of hydrogen-bond donors (Lipinski definition) is 1. The molecule has 0 aromatic heterocycles. The molecule has 2 saturated heterocycles. The number of nitrogens with one attached hydrogen (secondary N) is 1. The Bertz CT molecular complexity index is 886. The van der Waals surface area contributed by atoms with E-state index in [1.807, 2.05) is 38.1 Å². The summed E-state index contributed by atoms with van der Waals surface area (Å²) in [7, 11) is -3.67. The molecule has 30 heavy (non-hydrogen) atoms. The summed E-state index contributed by atoms with van der Waals surface area (Å²) in [6.45, 7) is 9.15. The Morgan fingerprint density at radius 2 is 1.77 bits per heavy atom. The minimum absolute atomic E-state index is 0. The predicted octanol–water partition coefficient (Wildman–Crippen LogP) is 2.26. The Balaban J connectivity index is 0.00000320. The van der Waals surface area contributed by atoms with Gasteiger partial charge in [-0.25, -0.2) is 12.7 Å². The average Bonchev–Trinajstić information content (AvgIpc) is 3.15. The second-order valence-corrected chi connectivity index (χ2v) is 10.6. The maximum absolute atomic E-state index is 13.2. The highest BCUT2D eigenvalue weighted by molar-refractivity contribution is 7.88. The highest BCUT2D eigenvalue weighted by atomic mass is 35.5. The van der Waals surface area contributed by atoms with Crippen molar-refractivity contribution in [2.45, 2.75) is 58.8 Å². The zero-order chi connectivity index (χ0) is 21.5. The monoisotopic (exact) mass is 457 g/mol. The molecule has 0 spiro atoms. The number of benzene rings is 1. The molecule has 2 heterocycles. The predicted molar refractivity (Wildman–Crippen MR) is 119 cm³/mol. The summed E-state index contributed by atoms with van der Waals surface area (Å²) < 4.78 is 25.5. The molecule has 0 aliphatic carbocycles. The van der Waals surface area contributed by atoms with E-state index < -0.39 is 28.0 Å². The van der Waals surface area contributed by atoms with Crippen LogP contribution in [0.4, 0.5) is 0 Å². The van der Waals surface area contributed by atoms with Crippen molar-refractivity contribution in [2.24, 2.45) is 11.8 Å². The summed E-state index contributed by atoms with van der Waals surface area (Å²) in [4.78, 5) is 27.8. The van der Waals surface area contributed by atoms with Crippen LogP contribution in [0.3, 0.4) is 0 Å². The van der Waals surface area contributed by atoms with Gasteiger partial charge < -0.3 is 10.2 Å². The van der Waals surface area contributed by atoms with Gasteiger partial charge in [-0.15, -0.1) is 12.4 Å². The van der Waals surface area contributed by atoms with Gasteiger partial charge in [-0.3, -0.25) is 9.59 Å². The molecule has 3 atom stereocenters. The Kier molecular flexibility index (Phi) is 7.59. The first-order valence-corrected chi connectivity index (χ1v) is 12.0. The standard InChI is InChI=1S/C21H31N3O4S.ClH/c1-13(2)18-19-17(24(21(18)26)29(5,27)28)10-11-23(19)20(25)16-8-6-15(7-9-16)12-22-14(3)4;/h6-9,13-14,17-19,22H,10-12H2,1-5H3;1H/t17-,18+,19-;/m0./s1. The Morgan fingerprint density at radius 3 is 2.27 bits per heavy atom. The molecule has 2 aliphatic rings. The number of hydrogen-bond acceptors (Lipinski definition) is 5. The van der Waals surface area contributed by atoms with Crippen LogP contribution >= 0.6 is 12.4 Å². The van der Waals surface area contributed by atoms with E-state index in [1.54, 1.807) is 4.90 Å². The lowest BCUT2D eigenvalue weighted by Gasteiger charge is -2.29. The first-order chi connectivity index (χ1) is 13.5. The minimum atomic E-state index is -3.67. The van der Waals surface area contributed by atoms with Crippen molar-refractivity contribution in [1.29, 1.82) is 0 Å². The number of carbonyl (C=O) groups excluding carboxylic acids is 2. The van der Waals surface area contributed by atoms with Gasteiger partial charge in [-0.05, 0) is 30.0 Å². The van der Waals surface area contributed by atoms with Crippen molar-refractivity contribution in [3.63, 3.8) is 0 Å². The molecule has 1 aromatic carbocycles. The lowest BCUT2D eigenvalue weighted by atomic mass is 9.88. The third kappa shape index (κ3) is 4.65. The normalized spacial score (nSPS) is 23.8. The topological polar surface area (TPSA) is 86.8 Å². The smallest absolute Gasteiger partial charge is 0.254 e. The van der Waals surface area contributed by atoms with E-state index >= 15 is 0 Å². The molecule has 1 N–H and O–H groups in total. The summed E-state index contributed by atoms with van der Waals surface area (Å²) in [5.74, 6) is -1.09. The number of halogens is 1. The summed E-state index contributed by atoms with van der Waals surface area (Å²) in [5, 5.41) is 3.34. The van der Waals surface area contributed by atoms with Crippen molar-refractivity contribution in [3.8, 4) is 0 Å². The molecule has 2 amide bonds. The summed E-state index contributed by atoms with van der Waals surface area (Å²) in [5.41, 5.74) is 1.65. The number of rotatable bonds is 6. The number of amides is 2. The highest BCUT2D eigenvalue weighted by Gasteiger charge is 2.58. The van der Waals surface area contributed by atoms with E-state index in [2.05, 4.69) is 19.2 Å². The second-order valence-electron chi connectivity index (χ2n) is 8.74. The van der Waals surface area contributed by atoms with Gasteiger partial charge in [0.1, 0.15) is 0 Å². The van der Waals surface area contributed by atoms with E-state index in [1.165, 1.54) is 0 Å². The van der Waals surface area contributed by atoms with Gasteiger partial charge in [0.2, 0.25) is 15.9 Å². The molecular weight excluding hydrogens is 426 g/mol. The zero-order valence-corrected chi connectivity index (χ0v) is 19.8. The fourth-order valence-electron chi connectivity index (χ4n) is 4.52. The summed E-state index contributed by atoms with van der Waals surface area (Å²) in [6.07, 6.45) is 1.55. The van der Waals surface area contributed by atoms with Gasteiger partial charge in [-0.1, -0.05) is 39.8 Å². The van der Waals surface area contributed by atoms with Crippen LogP contribution in [0.1, 0.15) is 50.0 Å². The van der Waals surface area contributed by atoms with Gasteiger partial charge in [0.15, 0.2) is 0 Å². The van der Waals surface area contributed by atoms with Crippen LogP contribution in [0.25, 0.3) is 0 Å². The molecule has 9 heteroatoms. The fraction of sp³-hybridized carbons (Fsp3) is 0.619. The Hall–Kier alpha value is -1.64. The van der Waals surface area contributed by atoms with Gasteiger partial charge in [0.25, 0.3) is 5.91 Å². The molecule has 168 valence electrons. The van der Waals surface area contributed by atoms with Crippen molar-refractivity contribution >= 4 is 34.2 Å². The maximum Gasteiger partial charge on any atom is 0.254 e.